The smallest absolute Gasteiger partial charge is 0.303 e. The van der Waals surface area contributed by atoms with Crippen molar-refractivity contribution in [2.75, 3.05) is 6.61 Å². The lowest BCUT2D eigenvalue weighted by Gasteiger charge is -2.45. The first-order chi connectivity index (χ1) is 16.3. The molecule has 1 N–H and O–H groups in total. The molecule has 5 nitrogen and oxygen atoms in total. The molecule has 0 spiro atoms. The molecule has 4 atom stereocenters. The number of benzene rings is 1. The van der Waals surface area contributed by atoms with Crippen molar-refractivity contribution in [2.45, 2.75) is 123 Å². The fourth-order valence-electron chi connectivity index (χ4n) is 3.58. The van der Waals surface area contributed by atoms with Crippen molar-refractivity contribution in [2.24, 2.45) is 11.8 Å². The molecule has 208 valence electrons. The first-order valence-electron chi connectivity index (χ1n) is 13.5. The second kappa shape index (κ2) is 13.2. The van der Waals surface area contributed by atoms with Crippen molar-refractivity contribution in [3.63, 3.8) is 0 Å². The van der Waals surface area contributed by atoms with Crippen molar-refractivity contribution in [3.05, 3.63) is 35.9 Å². The Labute approximate surface area is 223 Å². The van der Waals surface area contributed by atoms with Crippen LogP contribution in [0.3, 0.4) is 0 Å². The van der Waals surface area contributed by atoms with Crippen LogP contribution in [0.1, 0.15) is 73.8 Å². The van der Waals surface area contributed by atoms with Crippen molar-refractivity contribution in [3.8, 4) is 0 Å². The SMILES string of the molecule is C[C@H](COCc1ccccc1)[C@H](C[C@H](O[Si](C)(C)C(C)(C)C)[C@H](C)CC(=O)O)O[Si](C)(C)C(C)(C)C. The number of hydrogen-bond donors (Lipinski definition) is 1. The maximum absolute atomic E-state index is 11.6. The van der Waals surface area contributed by atoms with E-state index in [0.29, 0.717) is 19.6 Å². The number of rotatable bonds is 14. The summed E-state index contributed by atoms with van der Waals surface area (Å²) in [5.74, 6) is -0.752. The molecule has 0 bridgehead atoms. The molecular weight excluding hydrogens is 484 g/mol. The zero-order valence-electron chi connectivity index (χ0n) is 25.1. The first kappa shape index (κ1) is 33.0. The topological polar surface area (TPSA) is 65.0 Å². The minimum absolute atomic E-state index is 0.0361. The lowest BCUT2D eigenvalue weighted by Crippen LogP contribution is -2.50. The lowest BCUT2D eigenvalue weighted by molar-refractivity contribution is -0.139. The van der Waals surface area contributed by atoms with Crippen molar-refractivity contribution in [1.29, 1.82) is 0 Å². The Kier molecular flexibility index (Phi) is 12.1. The fourth-order valence-corrected chi connectivity index (χ4v) is 6.46. The van der Waals surface area contributed by atoms with Crippen LogP contribution in [0.4, 0.5) is 0 Å². The van der Waals surface area contributed by atoms with Crippen LogP contribution >= 0.6 is 0 Å². The number of ether oxygens (including phenoxy) is 1. The minimum Gasteiger partial charge on any atom is -0.481 e. The highest BCUT2D eigenvalue weighted by atomic mass is 28.4. The van der Waals surface area contributed by atoms with Gasteiger partial charge in [0.15, 0.2) is 16.6 Å². The number of carbonyl (C=O) groups is 1. The third-order valence-corrected chi connectivity index (χ3v) is 17.2. The molecule has 0 heterocycles. The predicted molar refractivity (Wildman–Crippen MR) is 155 cm³/mol. The van der Waals surface area contributed by atoms with Gasteiger partial charge in [-0.1, -0.05) is 85.7 Å². The normalized spacial score (nSPS) is 16.9. The maximum atomic E-state index is 11.6. The fraction of sp³-hybridized carbons (Fsp3) is 0.759. The Morgan fingerprint density at radius 2 is 1.28 bits per heavy atom. The van der Waals surface area contributed by atoms with E-state index in [1.807, 2.05) is 25.1 Å². The van der Waals surface area contributed by atoms with E-state index in [-0.39, 0.29) is 40.5 Å². The summed E-state index contributed by atoms with van der Waals surface area (Å²) < 4.78 is 20.0. The summed E-state index contributed by atoms with van der Waals surface area (Å²) in [6.45, 7) is 27.8. The molecule has 0 aromatic heterocycles. The Balaban J connectivity index is 3.19. The Morgan fingerprint density at radius 3 is 1.69 bits per heavy atom. The minimum atomic E-state index is -2.12. The van der Waals surface area contributed by atoms with Crippen molar-refractivity contribution >= 4 is 22.6 Å². The van der Waals surface area contributed by atoms with E-state index in [9.17, 15) is 9.90 Å². The number of hydrogen-bond acceptors (Lipinski definition) is 4. The van der Waals surface area contributed by atoms with Gasteiger partial charge in [-0.15, -0.1) is 0 Å². The molecule has 0 aliphatic carbocycles. The third kappa shape index (κ3) is 10.4. The second-order valence-electron chi connectivity index (χ2n) is 13.6. The van der Waals surface area contributed by atoms with E-state index < -0.39 is 22.6 Å². The van der Waals surface area contributed by atoms with E-state index in [1.54, 1.807) is 0 Å². The van der Waals surface area contributed by atoms with E-state index in [4.69, 9.17) is 13.6 Å². The summed E-state index contributed by atoms with van der Waals surface area (Å²) in [4.78, 5) is 11.6. The summed E-state index contributed by atoms with van der Waals surface area (Å²) in [6.07, 6.45) is 0.495. The van der Waals surface area contributed by atoms with Gasteiger partial charge in [-0.05, 0) is 54.2 Å². The highest BCUT2D eigenvalue weighted by Gasteiger charge is 2.44. The van der Waals surface area contributed by atoms with Crippen LogP contribution in [-0.2, 0) is 25.0 Å². The van der Waals surface area contributed by atoms with E-state index in [1.165, 1.54) is 0 Å². The average molecular weight is 539 g/mol. The van der Waals surface area contributed by atoms with Crippen LogP contribution in [-0.4, -0.2) is 46.5 Å². The molecule has 1 rings (SSSR count). The highest BCUT2D eigenvalue weighted by Crippen LogP contribution is 2.41. The van der Waals surface area contributed by atoms with Crippen LogP contribution in [0.2, 0.25) is 36.3 Å². The molecule has 0 saturated heterocycles. The van der Waals surface area contributed by atoms with Crippen LogP contribution in [0.25, 0.3) is 0 Å². The van der Waals surface area contributed by atoms with Crippen LogP contribution < -0.4 is 0 Å². The average Bonchev–Trinajstić information content (AvgIpc) is 2.70. The zero-order chi connectivity index (χ0) is 27.9. The van der Waals surface area contributed by atoms with Crippen LogP contribution in [0.15, 0.2) is 30.3 Å². The molecule has 0 fully saturated rings. The molecule has 0 aliphatic rings. The van der Waals surface area contributed by atoms with Gasteiger partial charge in [0.05, 0.1) is 31.8 Å². The Morgan fingerprint density at radius 1 is 0.833 bits per heavy atom. The number of carboxylic acids is 1. The molecule has 0 radical (unpaired) electrons. The molecule has 36 heavy (non-hydrogen) atoms. The second-order valence-corrected chi connectivity index (χ2v) is 23.1. The monoisotopic (exact) mass is 538 g/mol. The number of aliphatic carboxylic acids is 1. The molecule has 0 unspecified atom stereocenters. The predicted octanol–water partition coefficient (Wildman–Crippen LogP) is 8.12. The maximum Gasteiger partial charge on any atom is 0.303 e. The summed E-state index contributed by atoms with van der Waals surface area (Å²) in [5, 5.41) is 9.67. The standard InChI is InChI=1S/C29H54O5Si2/c1-22(18-27(30)31)25(33-35(9,10)28(3,4)5)19-26(34-36(11,12)29(6,7)8)23(2)20-32-21-24-16-14-13-15-17-24/h13-17,22-23,25-26H,18-21H2,1-12H3,(H,30,31)/t22-,23-,25+,26+/m1/s1. The molecule has 0 aliphatic heterocycles. The highest BCUT2D eigenvalue weighted by molar-refractivity contribution is 6.74. The zero-order valence-corrected chi connectivity index (χ0v) is 27.1. The Bertz CT molecular complexity index is 796. The van der Waals surface area contributed by atoms with Crippen LogP contribution in [0.5, 0.6) is 0 Å². The van der Waals surface area contributed by atoms with E-state index >= 15 is 0 Å². The summed E-state index contributed by atoms with van der Waals surface area (Å²) in [7, 11) is -4.20. The van der Waals surface area contributed by atoms with Gasteiger partial charge >= 0.3 is 5.97 Å². The molecule has 1 aromatic rings. The largest absolute Gasteiger partial charge is 0.481 e. The first-order valence-corrected chi connectivity index (χ1v) is 19.3. The number of carboxylic acid groups (broad SMARTS) is 1. The molecule has 7 heteroatoms. The molecular formula is C29H54O5Si2. The van der Waals surface area contributed by atoms with Gasteiger partial charge in [0.2, 0.25) is 0 Å². The third-order valence-electron chi connectivity index (χ3n) is 8.23. The summed E-state index contributed by atoms with van der Waals surface area (Å²) >= 11 is 0. The van der Waals surface area contributed by atoms with Gasteiger partial charge in [0.1, 0.15) is 0 Å². The van der Waals surface area contributed by atoms with Gasteiger partial charge < -0.3 is 18.7 Å². The summed E-state index contributed by atoms with van der Waals surface area (Å²) in [6, 6.07) is 10.2. The van der Waals surface area contributed by atoms with Gasteiger partial charge in [0, 0.05) is 5.92 Å². The van der Waals surface area contributed by atoms with Gasteiger partial charge in [-0.25, -0.2) is 0 Å². The van der Waals surface area contributed by atoms with Crippen LogP contribution in [0, 0.1) is 11.8 Å². The molecule has 1 aromatic carbocycles. The summed E-state index contributed by atoms with van der Waals surface area (Å²) in [5.41, 5.74) is 1.15. The lowest BCUT2D eigenvalue weighted by atomic mass is 9.92. The van der Waals surface area contributed by atoms with Gasteiger partial charge in [-0.2, -0.15) is 0 Å². The van der Waals surface area contributed by atoms with Gasteiger partial charge in [-0.3, -0.25) is 4.79 Å². The molecule has 0 saturated carbocycles. The van der Waals surface area contributed by atoms with Gasteiger partial charge in [0.25, 0.3) is 0 Å². The quantitative estimate of drug-likeness (QED) is 0.242. The van der Waals surface area contributed by atoms with E-state index in [0.717, 1.165) is 5.56 Å². The van der Waals surface area contributed by atoms with Crippen molar-refractivity contribution in [1.82, 2.24) is 0 Å². The van der Waals surface area contributed by atoms with E-state index in [2.05, 4.69) is 86.8 Å². The van der Waals surface area contributed by atoms with Crippen molar-refractivity contribution < 1.29 is 23.5 Å². The Hall–Kier alpha value is -0.996. The molecule has 0 amide bonds.